The fraction of sp³-hybridized carbons (Fsp3) is 0.524. The molecule has 9 atom stereocenters. The highest BCUT2D eigenvalue weighted by Gasteiger charge is 2.48. The third-order valence-corrected chi connectivity index (χ3v) is 5.48. The Hall–Kier alpha value is -2.40. The van der Waals surface area contributed by atoms with Crippen LogP contribution < -0.4 is 0 Å². The molecule has 0 bridgehead atoms. The smallest absolute Gasteiger partial charge is 0.338 e. The van der Waals surface area contributed by atoms with E-state index < -0.39 is 67.7 Å². The SMILES string of the molecule is N#CC=C1C(OC2OC(CO)C(O)C(O)C2O)CC(O)C(O)C1OC(=O)c1ccccc1. The van der Waals surface area contributed by atoms with Gasteiger partial charge in [-0.3, -0.25) is 0 Å². The van der Waals surface area contributed by atoms with Gasteiger partial charge in [-0.2, -0.15) is 5.26 Å². The molecular weight excluding hydrogens is 426 g/mol. The predicted octanol–water partition coefficient (Wildman–Crippen LogP) is -2.03. The van der Waals surface area contributed by atoms with Gasteiger partial charge in [-0.1, -0.05) is 18.2 Å². The first-order chi connectivity index (χ1) is 15.3. The van der Waals surface area contributed by atoms with Crippen LogP contribution in [0.2, 0.25) is 0 Å². The van der Waals surface area contributed by atoms with Crippen molar-refractivity contribution in [1.82, 2.24) is 0 Å². The number of ether oxygens (including phenoxy) is 3. The van der Waals surface area contributed by atoms with Gasteiger partial charge in [-0.05, 0) is 12.1 Å². The number of nitriles is 1. The lowest BCUT2D eigenvalue weighted by atomic mass is 9.84. The number of aliphatic hydroxyl groups excluding tert-OH is 6. The van der Waals surface area contributed by atoms with E-state index in [9.17, 15) is 40.7 Å². The van der Waals surface area contributed by atoms with Gasteiger partial charge >= 0.3 is 5.97 Å². The number of carbonyl (C=O) groups is 1. The topological polar surface area (TPSA) is 190 Å². The first-order valence-electron chi connectivity index (χ1n) is 9.96. The van der Waals surface area contributed by atoms with Crippen LogP contribution in [-0.2, 0) is 14.2 Å². The molecule has 2 fully saturated rings. The van der Waals surface area contributed by atoms with E-state index in [1.54, 1.807) is 24.3 Å². The maximum Gasteiger partial charge on any atom is 0.338 e. The number of carbonyl (C=O) groups excluding carboxylic acids is 1. The largest absolute Gasteiger partial charge is 0.451 e. The van der Waals surface area contributed by atoms with Crippen molar-refractivity contribution in [3.05, 3.63) is 47.5 Å². The van der Waals surface area contributed by atoms with Crippen molar-refractivity contribution >= 4 is 5.97 Å². The normalized spacial score (nSPS) is 38.8. The van der Waals surface area contributed by atoms with Gasteiger partial charge < -0.3 is 44.8 Å². The summed E-state index contributed by atoms with van der Waals surface area (Å²) in [6, 6.07) is 9.67. The fourth-order valence-corrected chi connectivity index (χ4v) is 3.70. The molecule has 1 aliphatic heterocycles. The molecule has 11 heteroatoms. The van der Waals surface area contributed by atoms with Crippen LogP contribution in [0.25, 0.3) is 0 Å². The van der Waals surface area contributed by atoms with Gasteiger partial charge in [-0.25, -0.2) is 4.79 Å². The summed E-state index contributed by atoms with van der Waals surface area (Å²) >= 11 is 0. The maximum atomic E-state index is 12.5. The number of nitrogens with zero attached hydrogens (tertiary/aromatic N) is 1. The molecule has 1 heterocycles. The molecule has 1 saturated carbocycles. The van der Waals surface area contributed by atoms with Gasteiger partial charge in [0.05, 0.1) is 30.4 Å². The van der Waals surface area contributed by atoms with Crippen molar-refractivity contribution in [2.75, 3.05) is 6.61 Å². The summed E-state index contributed by atoms with van der Waals surface area (Å²) in [6.45, 7) is -0.672. The monoisotopic (exact) mass is 451 g/mol. The van der Waals surface area contributed by atoms with E-state index in [0.717, 1.165) is 6.08 Å². The van der Waals surface area contributed by atoms with E-state index in [0.29, 0.717) is 0 Å². The Morgan fingerprint density at radius 2 is 1.78 bits per heavy atom. The average Bonchev–Trinajstić information content (AvgIpc) is 2.80. The Morgan fingerprint density at radius 1 is 1.09 bits per heavy atom. The van der Waals surface area contributed by atoms with Crippen LogP contribution in [0, 0.1) is 11.3 Å². The zero-order valence-electron chi connectivity index (χ0n) is 16.8. The Kier molecular flexibility index (Phi) is 7.94. The fourth-order valence-electron chi connectivity index (χ4n) is 3.70. The van der Waals surface area contributed by atoms with E-state index in [1.165, 1.54) is 12.1 Å². The van der Waals surface area contributed by atoms with Crippen molar-refractivity contribution in [3.8, 4) is 6.07 Å². The molecule has 1 aromatic carbocycles. The molecule has 174 valence electrons. The summed E-state index contributed by atoms with van der Waals surface area (Å²) in [7, 11) is 0. The number of allylic oxidation sites excluding steroid dienone is 1. The summed E-state index contributed by atoms with van der Waals surface area (Å²) in [6.07, 6.45) is -12.6. The van der Waals surface area contributed by atoms with Crippen LogP contribution in [0.4, 0.5) is 0 Å². The summed E-state index contributed by atoms with van der Waals surface area (Å²) < 4.78 is 16.3. The number of rotatable bonds is 5. The summed E-state index contributed by atoms with van der Waals surface area (Å²) in [5.74, 6) is -0.806. The Labute approximate surface area is 183 Å². The molecule has 1 aliphatic carbocycles. The second-order valence-electron chi connectivity index (χ2n) is 7.58. The van der Waals surface area contributed by atoms with E-state index in [4.69, 9.17) is 14.2 Å². The van der Waals surface area contributed by atoms with Gasteiger partial charge in [0, 0.05) is 18.1 Å². The summed E-state index contributed by atoms with van der Waals surface area (Å²) in [5.41, 5.74) is 0.189. The first-order valence-corrected chi connectivity index (χ1v) is 9.96. The van der Waals surface area contributed by atoms with Crippen LogP contribution in [-0.4, -0.2) is 98.3 Å². The third kappa shape index (κ3) is 4.98. The second kappa shape index (κ2) is 10.5. The first kappa shape index (κ1) is 24.2. The number of hydrogen-bond acceptors (Lipinski definition) is 11. The van der Waals surface area contributed by atoms with E-state index in [1.807, 2.05) is 0 Å². The standard InChI is InChI=1S/C21H25NO10/c22-7-6-11-13(30-21-18(28)17(27)16(26)14(9-23)31-21)8-12(24)15(25)19(11)32-20(29)10-4-2-1-3-5-10/h1-6,12-19,21,23-28H,8-9H2. The molecule has 32 heavy (non-hydrogen) atoms. The highest BCUT2D eigenvalue weighted by atomic mass is 16.7. The van der Waals surface area contributed by atoms with Gasteiger partial charge in [0.2, 0.25) is 0 Å². The summed E-state index contributed by atoms with van der Waals surface area (Å²) in [5, 5.41) is 69.4. The minimum absolute atomic E-state index is 0.00606. The highest BCUT2D eigenvalue weighted by Crippen LogP contribution is 2.33. The van der Waals surface area contributed by atoms with Gasteiger partial charge in [0.25, 0.3) is 0 Å². The molecule has 1 aromatic rings. The van der Waals surface area contributed by atoms with Crippen molar-refractivity contribution < 1.29 is 49.6 Å². The van der Waals surface area contributed by atoms with Crippen LogP contribution in [0.15, 0.2) is 42.0 Å². The van der Waals surface area contributed by atoms with Gasteiger partial charge in [0.1, 0.15) is 30.5 Å². The lowest BCUT2D eigenvalue weighted by Gasteiger charge is -2.43. The van der Waals surface area contributed by atoms with Gasteiger partial charge in [0.15, 0.2) is 12.4 Å². The molecule has 6 N–H and O–H groups in total. The number of benzene rings is 1. The Morgan fingerprint density at radius 3 is 2.41 bits per heavy atom. The minimum atomic E-state index is -1.72. The highest BCUT2D eigenvalue weighted by molar-refractivity contribution is 5.89. The van der Waals surface area contributed by atoms with E-state index >= 15 is 0 Å². The quantitative estimate of drug-likeness (QED) is 0.214. The summed E-state index contributed by atoms with van der Waals surface area (Å²) in [4.78, 5) is 12.5. The molecule has 2 aliphatic rings. The zero-order valence-corrected chi connectivity index (χ0v) is 16.8. The molecular formula is C21H25NO10. The average molecular weight is 451 g/mol. The minimum Gasteiger partial charge on any atom is -0.451 e. The maximum absolute atomic E-state index is 12.5. The Balaban J connectivity index is 1.83. The molecule has 1 saturated heterocycles. The number of esters is 1. The second-order valence-corrected chi connectivity index (χ2v) is 7.58. The Bertz CT molecular complexity index is 854. The lowest BCUT2D eigenvalue weighted by molar-refractivity contribution is -0.312. The predicted molar refractivity (Wildman–Crippen MR) is 105 cm³/mol. The molecule has 0 spiro atoms. The van der Waals surface area contributed by atoms with Crippen molar-refractivity contribution in [2.24, 2.45) is 0 Å². The van der Waals surface area contributed by atoms with Gasteiger partial charge in [-0.15, -0.1) is 0 Å². The van der Waals surface area contributed by atoms with E-state index in [2.05, 4.69) is 0 Å². The molecule has 0 aromatic heterocycles. The third-order valence-electron chi connectivity index (χ3n) is 5.48. The van der Waals surface area contributed by atoms with Crippen molar-refractivity contribution in [3.63, 3.8) is 0 Å². The molecule has 9 unspecified atom stereocenters. The molecule has 0 amide bonds. The number of hydrogen-bond donors (Lipinski definition) is 6. The van der Waals surface area contributed by atoms with Crippen molar-refractivity contribution in [2.45, 2.75) is 61.5 Å². The van der Waals surface area contributed by atoms with Crippen molar-refractivity contribution in [1.29, 1.82) is 5.26 Å². The molecule has 11 nitrogen and oxygen atoms in total. The van der Waals surface area contributed by atoms with Crippen LogP contribution in [0.1, 0.15) is 16.8 Å². The number of aliphatic hydroxyl groups is 6. The molecule has 3 rings (SSSR count). The zero-order chi connectivity index (χ0) is 23.4. The lowest BCUT2D eigenvalue weighted by Crippen LogP contribution is -2.60. The van der Waals surface area contributed by atoms with E-state index in [-0.39, 0.29) is 17.6 Å². The van der Waals surface area contributed by atoms with Crippen LogP contribution >= 0.6 is 0 Å². The van der Waals surface area contributed by atoms with Crippen LogP contribution in [0.3, 0.4) is 0 Å². The molecule has 0 radical (unpaired) electrons. The van der Waals surface area contributed by atoms with Crippen LogP contribution in [0.5, 0.6) is 0 Å².